The maximum Gasteiger partial charge on any atom is 0.185 e. The summed E-state index contributed by atoms with van der Waals surface area (Å²) in [7, 11) is 4.14. The lowest BCUT2D eigenvalue weighted by Crippen LogP contribution is -2.44. The summed E-state index contributed by atoms with van der Waals surface area (Å²) in [4.78, 5) is 13.4. The molecule has 146 valence electrons. The van der Waals surface area contributed by atoms with Gasteiger partial charge in [-0.1, -0.05) is 29.8 Å². The smallest absolute Gasteiger partial charge is 0.185 e. The molecule has 2 aliphatic heterocycles. The molecule has 0 unspecified atom stereocenters. The van der Waals surface area contributed by atoms with E-state index in [2.05, 4.69) is 71.2 Å². The Kier molecular flexibility index (Phi) is 5.53. The van der Waals surface area contributed by atoms with Crippen LogP contribution in [-0.4, -0.2) is 55.1 Å². The van der Waals surface area contributed by atoms with Crippen molar-refractivity contribution in [3.05, 3.63) is 46.5 Å². The Labute approximate surface area is 167 Å². The third-order valence-electron chi connectivity index (χ3n) is 6.05. The van der Waals surface area contributed by atoms with Crippen LogP contribution in [0.15, 0.2) is 30.5 Å². The Hall–Kier alpha value is -1.43. The first kappa shape index (κ1) is 18.9. The van der Waals surface area contributed by atoms with E-state index in [1.807, 2.05) is 11.3 Å². The minimum absolute atomic E-state index is 0.497. The molecule has 0 radical (unpaired) electrons. The van der Waals surface area contributed by atoms with E-state index in [1.165, 1.54) is 61.4 Å². The molecule has 0 bridgehead atoms. The average Bonchev–Trinajstić information content (AvgIpc) is 3.23. The fraction of sp³-hybridized carbons (Fsp3) is 0.591. The van der Waals surface area contributed by atoms with Gasteiger partial charge in [-0.2, -0.15) is 0 Å². The molecule has 1 spiro atoms. The molecule has 3 heterocycles. The summed E-state index contributed by atoms with van der Waals surface area (Å²) in [6, 6.07) is 9.01. The maximum atomic E-state index is 4.54. The Morgan fingerprint density at radius 1 is 1.11 bits per heavy atom. The third-order valence-corrected chi connectivity index (χ3v) is 7.20. The highest BCUT2D eigenvalue weighted by Gasteiger charge is 2.41. The zero-order chi connectivity index (χ0) is 18.9. The van der Waals surface area contributed by atoms with Crippen molar-refractivity contribution >= 4 is 16.5 Å². The molecule has 0 saturated carbocycles. The lowest BCUT2D eigenvalue weighted by atomic mass is 9.79. The van der Waals surface area contributed by atoms with Crippen LogP contribution in [0.5, 0.6) is 0 Å². The quantitative estimate of drug-likeness (QED) is 0.777. The zero-order valence-electron chi connectivity index (χ0n) is 16.9. The second kappa shape index (κ2) is 7.90. The summed E-state index contributed by atoms with van der Waals surface area (Å²) in [6.07, 6.45) is 6.14. The van der Waals surface area contributed by atoms with Crippen molar-refractivity contribution < 1.29 is 0 Å². The maximum absolute atomic E-state index is 4.54. The standard InChI is InChI=1S/C22H32N4S/c1-18-6-4-7-19(12-18)14-25-10-5-8-22(16-25)9-11-26(17-22)15-20-13-23-21(27-20)24(2)3/h4,6-7,12-13H,5,8-11,14-17H2,1-3H3/t22-/m1/s1. The normalized spacial score (nSPS) is 24.0. The Morgan fingerprint density at radius 2 is 1.93 bits per heavy atom. The number of hydrogen-bond donors (Lipinski definition) is 0. The van der Waals surface area contributed by atoms with Gasteiger partial charge in [0.2, 0.25) is 0 Å². The first-order valence-corrected chi connectivity index (χ1v) is 11.0. The summed E-state index contributed by atoms with van der Waals surface area (Å²) in [6.45, 7) is 9.33. The van der Waals surface area contributed by atoms with E-state index in [0.29, 0.717) is 5.41 Å². The second-order valence-corrected chi connectivity index (χ2v) is 9.86. The first-order chi connectivity index (χ1) is 13.0. The Balaban J connectivity index is 1.35. The molecule has 4 nitrogen and oxygen atoms in total. The minimum atomic E-state index is 0.497. The molecule has 0 N–H and O–H groups in total. The van der Waals surface area contributed by atoms with Crippen molar-refractivity contribution in [1.82, 2.24) is 14.8 Å². The Bertz CT molecular complexity index is 771. The van der Waals surface area contributed by atoms with Gasteiger partial charge in [0.15, 0.2) is 5.13 Å². The van der Waals surface area contributed by atoms with E-state index in [9.17, 15) is 0 Å². The van der Waals surface area contributed by atoms with Crippen LogP contribution in [0.2, 0.25) is 0 Å². The fourth-order valence-electron chi connectivity index (χ4n) is 4.81. The number of nitrogens with zero attached hydrogens (tertiary/aromatic N) is 4. The molecule has 2 aliphatic rings. The number of hydrogen-bond acceptors (Lipinski definition) is 5. The topological polar surface area (TPSA) is 22.6 Å². The van der Waals surface area contributed by atoms with E-state index < -0.39 is 0 Å². The van der Waals surface area contributed by atoms with E-state index in [0.717, 1.165) is 18.2 Å². The number of aryl methyl sites for hydroxylation is 1. The predicted molar refractivity (Wildman–Crippen MR) is 114 cm³/mol. The van der Waals surface area contributed by atoms with Crippen molar-refractivity contribution in [1.29, 1.82) is 0 Å². The molecule has 2 aromatic rings. The van der Waals surface area contributed by atoms with Gasteiger partial charge in [0, 0.05) is 51.3 Å². The molecule has 1 aromatic carbocycles. The number of anilines is 1. The van der Waals surface area contributed by atoms with Crippen LogP contribution in [0.25, 0.3) is 0 Å². The van der Waals surface area contributed by atoms with E-state index in [1.54, 1.807) is 0 Å². The monoisotopic (exact) mass is 384 g/mol. The van der Waals surface area contributed by atoms with Crippen molar-refractivity contribution in [2.24, 2.45) is 5.41 Å². The molecule has 0 aliphatic carbocycles. The largest absolute Gasteiger partial charge is 0.354 e. The molecule has 4 rings (SSSR count). The molecule has 1 atom stereocenters. The summed E-state index contributed by atoms with van der Waals surface area (Å²) in [5, 5.41) is 1.11. The van der Waals surface area contributed by atoms with Crippen LogP contribution in [0.4, 0.5) is 5.13 Å². The number of likely N-dealkylation sites (tertiary alicyclic amines) is 2. The molecule has 0 amide bonds. The van der Waals surface area contributed by atoms with Crippen molar-refractivity contribution in [3.63, 3.8) is 0 Å². The molecular weight excluding hydrogens is 352 g/mol. The molecule has 27 heavy (non-hydrogen) atoms. The van der Waals surface area contributed by atoms with Crippen LogP contribution in [0.1, 0.15) is 35.3 Å². The summed E-state index contributed by atoms with van der Waals surface area (Å²) in [5.41, 5.74) is 3.33. The molecule has 2 saturated heterocycles. The summed E-state index contributed by atoms with van der Waals surface area (Å²) < 4.78 is 0. The molecular formula is C22H32N4S. The highest BCUT2D eigenvalue weighted by Crippen LogP contribution is 2.40. The van der Waals surface area contributed by atoms with Crippen LogP contribution < -0.4 is 4.90 Å². The summed E-state index contributed by atoms with van der Waals surface area (Å²) >= 11 is 1.83. The van der Waals surface area contributed by atoms with E-state index in [-0.39, 0.29) is 0 Å². The van der Waals surface area contributed by atoms with Gasteiger partial charge in [-0.25, -0.2) is 4.98 Å². The second-order valence-electron chi connectivity index (χ2n) is 8.77. The van der Waals surface area contributed by atoms with Crippen LogP contribution in [0.3, 0.4) is 0 Å². The van der Waals surface area contributed by atoms with Gasteiger partial charge in [-0.15, -0.1) is 11.3 Å². The van der Waals surface area contributed by atoms with E-state index >= 15 is 0 Å². The van der Waals surface area contributed by atoms with Gasteiger partial charge in [-0.3, -0.25) is 9.80 Å². The molecule has 5 heteroatoms. The highest BCUT2D eigenvalue weighted by molar-refractivity contribution is 7.15. The summed E-state index contributed by atoms with van der Waals surface area (Å²) in [5.74, 6) is 0. The third kappa shape index (κ3) is 4.53. The van der Waals surface area contributed by atoms with Crippen LogP contribution in [-0.2, 0) is 13.1 Å². The van der Waals surface area contributed by atoms with Gasteiger partial charge < -0.3 is 4.90 Å². The van der Waals surface area contributed by atoms with Crippen molar-refractivity contribution in [2.75, 3.05) is 45.2 Å². The number of aromatic nitrogens is 1. The number of thiazole rings is 1. The van der Waals surface area contributed by atoms with Gasteiger partial charge >= 0.3 is 0 Å². The zero-order valence-corrected chi connectivity index (χ0v) is 17.8. The molecule has 1 aromatic heterocycles. The van der Waals surface area contributed by atoms with Crippen LogP contribution >= 0.6 is 11.3 Å². The number of piperidine rings is 1. The minimum Gasteiger partial charge on any atom is -0.354 e. The molecule has 2 fully saturated rings. The highest BCUT2D eigenvalue weighted by atomic mass is 32.1. The van der Waals surface area contributed by atoms with Crippen LogP contribution in [0, 0.1) is 12.3 Å². The Morgan fingerprint density at radius 3 is 2.67 bits per heavy atom. The SMILES string of the molecule is Cc1cccc(CN2CCC[C@@]3(CCN(Cc4cnc(N(C)C)s4)C3)C2)c1. The van der Waals surface area contributed by atoms with Gasteiger partial charge in [0.1, 0.15) is 0 Å². The lowest BCUT2D eigenvalue weighted by Gasteiger charge is -2.40. The van der Waals surface area contributed by atoms with Gasteiger partial charge in [-0.05, 0) is 50.3 Å². The van der Waals surface area contributed by atoms with Gasteiger partial charge in [0.25, 0.3) is 0 Å². The fourth-order valence-corrected chi connectivity index (χ4v) is 5.68. The number of benzene rings is 1. The predicted octanol–water partition coefficient (Wildman–Crippen LogP) is 4.01. The van der Waals surface area contributed by atoms with Crippen molar-refractivity contribution in [3.8, 4) is 0 Å². The number of rotatable bonds is 5. The average molecular weight is 385 g/mol. The first-order valence-electron chi connectivity index (χ1n) is 10.1. The van der Waals surface area contributed by atoms with Gasteiger partial charge in [0.05, 0.1) is 0 Å². The van der Waals surface area contributed by atoms with Crippen molar-refractivity contribution in [2.45, 2.75) is 39.3 Å². The lowest BCUT2D eigenvalue weighted by molar-refractivity contribution is 0.0867. The van der Waals surface area contributed by atoms with E-state index in [4.69, 9.17) is 0 Å².